The van der Waals surface area contributed by atoms with Crippen molar-refractivity contribution in [2.75, 3.05) is 31.8 Å². The van der Waals surface area contributed by atoms with Gasteiger partial charge in [0.05, 0.1) is 36.8 Å². The Labute approximate surface area is 178 Å². The van der Waals surface area contributed by atoms with Crippen molar-refractivity contribution in [2.45, 2.75) is 13.0 Å². The number of phenols is 2. The predicted octanol–water partition coefficient (Wildman–Crippen LogP) is 2.21. The van der Waals surface area contributed by atoms with Gasteiger partial charge in [0.25, 0.3) is 0 Å². The van der Waals surface area contributed by atoms with Gasteiger partial charge in [-0.05, 0) is 36.8 Å². The van der Waals surface area contributed by atoms with E-state index in [-0.39, 0.29) is 31.3 Å². The third-order valence-electron chi connectivity index (χ3n) is 5.35. The number of carbonyl (C=O) groups is 2. The van der Waals surface area contributed by atoms with Crippen LogP contribution in [0.25, 0.3) is 11.0 Å². The number of benzene rings is 2. The lowest BCUT2D eigenvalue weighted by molar-refractivity contribution is -0.153. The summed E-state index contributed by atoms with van der Waals surface area (Å²) in [5.41, 5.74) is 1.85. The van der Waals surface area contributed by atoms with Crippen LogP contribution in [-0.2, 0) is 19.1 Å². The summed E-state index contributed by atoms with van der Waals surface area (Å²) in [7, 11) is 1.53. The number of ether oxygens (including phenoxy) is 2. The van der Waals surface area contributed by atoms with Crippen LogP contribution in [0.15, 0.2) is 42.5 Å². The second kappa shape index (κ2) is 8.27. The van der Waals surface area contributed by atoms with Crippen LogP contribution in [0.1, 0.15) is 18.5 Å². The van der Waals surface area contributed by atoms with Gasteiger partial charge in [0, 0.05) is 7.11 Å². The van der Waals surface area contributed by atoms with Crippen molar-refractivity contribution in [1.82, 2.24) is 9.55 Å². The molecule has 2 aromatic carbocycles. The van der Waals surface area contributed by atoms with E-state index in [2.05, 4.69) is 4.98 Å². The maximum Gasteiger partial charge on any atom is 0.321 e. The molecule has 3 aromatic rings. The fraction of sp³-hybridized carbons (Fsp3) is 0.318. The van der Waals surface area contributed by atoms with Gasteiger partial charge in [-0.3, -0.25) is 14.5 Å². The minimum absolute atomic E-state index is 0.117. The number of fused-ring (bicyclic) bond motifs is 3. The third kappa shape index (κ3) is 3.46. The molecule has 1 aliphatic rings. The maximum absolute atomic E-state index is 13.5. The molecular weight excluding hydrogens is 402 g/mol. The molecule has 0 radical (unpaired) electrons. The van der Waals surface area contributed by atoms with Gasteiger partial charge in [-0.15, -0.1) is 0 Å². The number of phenolic OH excluding ortho intramolecular Hbond substituents is 2. The molecule has 0 saturated heterocycles. The lowest BCUT2D eigenvalue weighted by Crippen LogP contribution is -2.51. The minimum Gasteiger partial charge on any atom is -0.504 e. The average Bonchev–Trinajstić information content (AvgIpc) is 3.13. The summed E-state index contributed by atoms with van der Waals surface area (Å²) in [5, 5.41) is 19.9. The van der Waals surface area contributed by atoms with Crippen molar-refractivity contribution in [3.63, 3.8) is 0 Å². The van der Waals surface area contributed by atoms with Crippen LogP contribution in [0.4, 0.5) is 5.95 Å². The van der Waals surface area contributed by atoms with Gasteiger partial charge >= 0.3 is 5.97 Å². The van der Waals surface area contributed by atoms with E-state index in [4.69, 9.17) is 9.47 Å². The molecule has 2 heterocycles. The summed E-state index contributed by atoms with van der Waals surface area (Å²) in [4.78, 5) is 32.6. The van der Waals surface area contributed by atoms with E-state index in [0.717, 1.165) is 5.52 Å². The number of carbonyl (C=O) groups excluding carboxylic acids is 2. The first-order chi connectivity index (χ1) is 15.0. The van der Waals surface area contributed by atoms with Gasteiger partial charge in [0.1, 0.15) is 0 Å². The highest BCUT2D eigenvalue weighted by Gasteiger charge is 2.47. The Kier molecular flexibility index (Phi) is 5.51. The van der Waals surface area contributed by atoms with Gasteiger partial charge < -0.3 is 24.3 Å². The molecule has 2 N–H and O–H groups in total. The molecule has 162 valence electrons. The fourth-order valence-corrected chi connectivity index (χ4v) is 3.97. The number of para-hydroxylation sites is 2. The van der Waals surface area contributed by atoms with Gasteiger partial charge in [-0.25, -0.2) is 4.98 Å². The summed E-state index contributed by atoms with van der Waals surface area (Å²) in [6, 6.07) is 10.8. The summed E-state index contributed by atoms with van der Waals surface area (Å²) in [6.07, 6.45) is 0. The molecule has 9 nitrogen and oxygen atoms in total. The molecule has 0 bridgehead atoms. The van der Waals surface area contributed by atoms with Gasteiger partial charge in [-0.1, -0.05) is 18.2 Å². The molecule has 9 heteroatoms. The highest BCUT2D eigenvalue weighted by atomic mass is 16.5. The third-order valence-corrected chi connectivity index (χ3v) is 5.35. The first kappa shape index (κ1) is 20.7. The van der Waals surface area contributed by atoms with Gasteiger partial charge in [0.2, 0.25) is 11.9 Å². The van der Waals surface area contributed by atoms with Crippen LogP contribution in [0.3, 0.4) is 0 Å². The first-order valence-corrected chi connectivity index (χ1v) is 9.93. The molecule has 1 amide bonds. The van der Waals surface area contributed by atoms with E-state index in [9.17, 15) is 19.8 Å². The van der Waals surface area contributed by atoms with E-state index in [1.165, 1.54) is 24.1 Å². The Bertz CT molecular complexity index is 1140. The molecule has 0 saturated carbocycles. The van der Waals surface area contributed by atoms with Crippen molar-refractivity contribution in [3.8, 4) is 11.5 Å². The normalized spacial score (nSPS) is 18.3. The second-order valence-corrected chi connectivity index (χ2v) is 7.18. The number of esters is 1. The lowest BCUT2D eigenvalue weighted by atomic mass is 9.89. The zero-order valence-electron chi connectivity index (χ0n) is 17.2. The van der Waals surface area contributed by atoms with Crippen molar-refractivity contribution in [3.05, 3.63) is 48.0 Å². The van der Waals surface area contributed by atoms with Crippen LogP contribution in [0.2, 0.25) is 0 Å². The molecule has 4 rings (SSSR count). The van der Waals surface area contributed by atoms with Crippen molar-refractivity contribution < 1.29 is 29.3 Å². The van der Waals surface area contributed by atoms with Crippen LogP contribution in [-0.4, -0.2) is 58.5 Å². The fourth-order valence-electron chi connectivity index (χ4n) is 3.97. The SMILES string of the molecule is CCOC(=O)[C@@H]1C(=O)N(CCOC)c2nc3ccccc3n2[C@@H]1c1ccc(O)c(O)c1. The lowest BCUT2D eigenvalue weighted by Gasteiger charge is -2.37. The Balaban J connectivity index is 1.99. The topological polar surface area (TPSA) is 114 Å². The number of hydrogen-bond donors (Lipinski definition) is 2. The highest BCUT2D eigenvalue weighted by Crippen LogP contribution is 2.42. The molecule has 0 unspecified atom stereocenters. The number of imidazole rings is 1. The number of aromatic nitrogens is 2. The second-order valence-electron chi connectivity index (χ2n) is 7.18. The zero-order chi connectivity index (χ0) is 22.1. The van der Waals surface area contributed by atoms with E-state index in [1.54, 1.807) is 17.6 Å². The smallest absolute Gasteiger partial charge is 0.321 e. The minimum atomic E-state index is -1.20. The van der Waals surface area contributed by atoms with E-state index in [0.29, 0.717) is 17.0 Å². The number of amides is 1. The van der Waals surface area contributed by atoms with Gasteiger partial charge in [0.15, 0.2) is 17.4 Å². The number of methoxy groups -OCH3 is 1. The van der Waals surface area contributed by atoms with Crippen LogP contribution in [0.5, 0.6) is 11.5 Å². The number of aromatic hydroxyl groups is 2. The zero-order valence-corrected chi connectivity index (χ0v) is 17.2. The Morgan fingerprint density at radius 3 is 2.65 bits per heavy atom. The Morgan fingerprint density at radius 2 is 1.94 bits per heavy atom. The molecule has 0 aliphatic carbocycles. The monoisotopic (exact) mass is 425 g/mol. The first-order valence-electron chi connectivity index (χ1n) is 9.93. The molecule has 31 heavy (non-hydrogen) atoms. The molecule has 1 aromatic heterocycles. The van der Waals surface area contributed by atoms with Crippen LogP contribution >= 0.6 is 0 Å². The number of hydrogen-bond acceptors (Lipinski definition) is 7. The molecule has 2 atom stereocenters. The summed E-state index contributed by atoms with van der Waals surface area (Å²) in [5.74, 6) is -2.60. The summed E-state index contributed by atoms with van der Waals surface area (Å²) < 4.78 is 12.2. The molecule has 1 aliphatic heterocycles. The molecular formula is C22H23N3O6. The standard InChI is InChI=1S/C22H23N3O6/c1-3-31-21(29)18-19(13-8-9-16(26)17(27)12-13)25-15-7-5-4-6-14(15)23-22(25)24(20(18)28)10-11-30-2/h4-9,12,18-19,26-27H,3,10-11H2,1-2H3/t18-,19+/m0/s1. The number of rotatable bonds is 6. The summed E-state index contributed by atoms with van der Waals surface area (Å²) in [6.45, 7) is 2.26. The maximum atomic E-state index is 13.5. The van der Waals surface area contributed by atoms with Crippen molar-refractivity contribution in [2.24, 2.45) is 5.92 Å². The summed E-state index contributed by atoms with van der Waals surface area (Å²) >= 11 is 0. The van der Waals surface area contributed by atoms with Crippen LogP contribution < -0.4 is 4.90 Å². The van der Waals surface area contributed by atoms with Crippen molar-refractivity contribution in [1.29, 1.82) is 0 Å². The largest absolute Gasteiger partial charge is 0.504 e. The van der Waals surface area contributed by atoms with Crippen LogP contribution in [0, 0.1) is 5.92 Å². The Morgan fingerprint density at radius 1 is 1.16 bits per heavy atom. The van der Waals surface area contributed by atoms with E-state index < -0.39 is 23.8 Å². The van der Waals surface area contributed by atoms with Gasteiger partial charge in [-0.2, -0.15) is 0 Å². The van der Waals surface area contributed by atoms with E-state index >= 15 is 0 Å². The predicted molar refractivity (Wildman–Crippen MR) is 112 cm³/mol. The Hall–Kier alpha value is -3.59. The van der Waals surface area contributed by atoms with E-state index in [1.807, 2.05) is 24.3 Å². The highest BCUT2D eigenvalue weighted by molar-refractivity contribution is 6.08. The quantitative estimate of drug-likeness (QED) is 0.354. The number of anilines is 1. The number of nitrogens with zero attached hydrogens (tertiary/aromatic N) is 3. The van der Waals surface area contributed by atoms with Crippen molar-refractivity contribution >= 4 is 28.9 Å². The molecule has 0 spiro atoms. The average molecular weight is 425 g/mol. The molecule has 0 fully saturated rings.